The Morgan fingerprint density at radius 3 is 2.56 bits per heavy atom. The fourth-order valence-electron chi connectivity index (χ4n) is 3.65. The van der Waals surface area contributed by atoms with E-state index in [0.717, 1.165) is 67.4 Å². The number of rotatable bonds is 5. The smallest absolute Gasteiger partial charge is 0.226 e. The number of para-hydroxylation sites is 1. The van der Waals surface area contributed by atoms with Crippen molar-refractivity contribution in [2.45, 2.75) is 27.3 Å². The molecule has 1 aliphatic heterocycles. The fourth-order valence-corrected chi connectivity index (χ4v) is 3.65. The Hall–Kier alpha value is -2.47. The minimum atomic E-state index is 0.560. The van der Waals surface area contributed by atoms with Crippen LogP contribution in [0.1, 0.15) is 20.8 Å². The van der Waals surface area contributed by atoms with Gasteiger partial charge in [-0.1, -0.05) is 39.0 Å². The van der Waals surface area contributed by atoms with Gasteiger partial charge in [-0.05, 0) is 18.5 Å². The monoisotopic (exact) mass is 364 g/mol. The molecule has 0 bridgehead atoms. The average Bonchev–Trinajstić information content (AvgIpc) is 3.14. The van der Waals surface area contributed by atoms with E-state index in [2.05, 4.69) is 54.0 Å². The number of piperazine rings is 1. The molecule has 1 saturated heterocycles. The standard InChI is InChI=1S/C21H28N6/c1-4-25-9-11-26(12-10-25)21-23-19-8-6-5-7-18(19)20(24-21)17-13-22-27(15-17)14-16(2)3/h5-8,13,15-16H,4,9-12,14H2,1-3H3. The maximum atomic E-state index is 4.98. The Kier molecular flexibility index (Phi) is 5.07. The van der Waals surface area contributed by atoms with Crippen molar-refractivity contribution in [1.82, 2.24) is 24.6 Å². The van der Waals surface area contributed by atoms with Crippen LogP contribution in [0.3, 0.4) is 0 Å². The number of aromatic nitrogens is 4. The van der Waals surface area contributed by atoms with Gasteiger partial charge in [-0.3, -0.25) is 4.68 Å². The summed E-state index contributed by atoms with van der Waals surface area (Å²) in [5, 5.41) is 5.62. The molecular formula is C21H28N6. The minimum Gasteiger partial charge on any atom is -0.338 e. The van der Waals surface area contributed by atoms with E-state index in [9.17, 15) is 0 Å². The molecule has 27 heavy (non-hydrogen) atoms. The van der Waals surface area contributed by atoms with E-state index in [0.29, 0.717) is 5.92 Å². The highest BCUT2D eigenvalue weighted by molar-refractivity contribution is 5.92. The van der Waals surface area contributed by atoms with Crippen LogP contribution in [0.5, 0.6) is 0 Å². The van der Waals surface area contributed by atoms with Crippen molar-refractivity contribution in [3.63, 3.8) is 0 Å². The zero-order valence-corrected chi connectivity index (χ0v) is 16.5. The van der Waals surface area contributed by atoms with E-state index in [1.54, 1.807) is 0 Å². The number of nitrogens with zero attached hydrogens (tertiary/aromatic N) is 6. The van der Waals surface area contributed by atoms with Gasteiger partial charge in [0.1, 0.15) is 0 Å². The van der Waals surface area contributed by atoms with Crippen molar-refractivity contribution in [3.05, 3.63) is 36.7 Å². The minimum absolute atomic E-state index is 0.560. The molecule has 0 saturated carbocycles. The van der Waals surface area contributed by atoms with Gasteiger partial charge in [-0.25, -0.2) is 9.97 Å². The normalized spacial score (nSPS) is 15.8. The second kappa shape index (κ2) is 7.64. The highest BCUT2D eigenvalue weighted by Crippen LogP contribution is 2.28. The molecule has 1 aliphatic rings. The summed E-state index contributed by atoms with van der Waals surface area (Å²) < 4.78 is 2.01. The third-order valence-electron chi connectivity index (χ3n) is 5.15. The molecule has 0 aliphatic carbocycles. The largest absolute Gasteiger partial charge is 0.338 e. The van der Waals surface area contributed by atoms with Crippen molar-refractivity contribution in [3.8, 4) is 11.3 Å². The average molecular weight is 364 g/mol. The van der Waals surface area contributed by atoms with Crippen molar-refractivity contribution < 1.29 is 0 Å². The zero-order chi connectivity index (χ0) is 18.8. The van der Waals surface area contributed by atoms with Crippen LogP contribution in [0.2, 0.25) is 0 Å². The van der Waals surface area contributed by atoms with Gasteiger partial charge in [0.15, 0.2) is 0 Å². The SMILES string of the molecule is CCN1CCN(c2nc(-c3cnn(CC(C)C)c3)c3ccccc3n2)CC1. The van der Waals surface area contributed by atoms with Crippen LogP contribution >= 0.6 is 0 Å². The maximum Gasteiger partial charge on any atom is 0.226 e. The first kappa shape index (κ1) is 17.9. The summed E-state index contributed by atoms with van der Waals surface area (Å²) in [7, 11) is 0. The van der Waals surface area contributed by atoms with Gasteiger partial charge in [0.25, 0.3) is 0 Å². The molecule has 6 heteroatoms. The summed E-state index contributed by atoms with van der Waals surface area (Å²) >= 11 is 0. The predicted molar refractivity (Wildman–Crippen MR) is 110 cm³/mol. The zero-order valence-electron chi connectivity index (χ0n) is 16.5. The van der Waals surface area contributed by atoms with Crippen LogP contribution in [0.25, 0.3) is 22.2 Å². The molecular weight excluding hydrogens is 336 g/mol. The van der Waals surface area contributed by atoms with Gasteiger partial charge in [-0.2, -0.15) is 5.10 Å². The van der Waals surface area contributed by atoms with Crippen LogP contribution in [0, 0.1) is 5.92 Å². The van der Waals surface area contributed by atoms with Gasteiger partial charge >= 0.3 is 0 Å². The summed E-state index contributed by atoms with van der Waals surface area (Å²) in [6.45, 7) is 12.7. The topological polar surface area (TPSA) is 50.1 Å². The molecule has 142 valence electrons. The Balaban J connectivity index is 1.72. The third-order valence-corrected chi connectivity index (χ3v) is 5.15. The Morgan fingerprint density at radius 2 is 1.81 bits per heavy atom. The number of benzene rings is 1. The molecule has 0 radical (unpaired) electrons. The Bertz CT molecular complexity index is 908. The van der Waals surface area contributed by atoms with Crippen LogP contribution in [-0.2, 0) is 6.54 Å². The third kappa shape index (κ3) is 3.81. The van der Waals surface area contributed by atoms with Gasteiger partial charge in [0.2, 0.25) is 5.95 Å². The Labute approximate surface area is 160 Å². The Morgan fingerprint density at radius 1 is 1.04 bits per heavy atom. The van der Waals surface area contributed by atoms with Crippen molar-refractivity contribution in [1.29, 1.82) is 0 Å². The summed E-state index contributed by atoms with van der Waals surface area (Å²) in [5.41, 5.74) is 3.03. The molecule has 3 aromatic rings. The molecule has 0 atom stereocenters. The first-order valence-corrected chi connectivity index (χ1v) is 9.91. The van der Waals surface area contributed by atoms with E-state index in [4.69, 9.17) is 9.97 Å². The summed E-state index contributed by atoms with van der Waals surface area (Å²) in [4.78, 5) is 14.6. The summed E-state index contributed by atoms with van der Waals surface area (Å²) in [6.07, 6.45) is 4.03. The molecule has 0 amide bonds. The molecule has 1 aromatic carbocycles. The summed E-state index contributed by atoms with van der Waals surface area (Å²) in [5.74, 6) is 1.39. The number of hydrogen-bond acceptors (Lipinski definition) is 5. The van der Waals surface area contributed by atoms with Gasteiger partial charge < -0.3 is 9.80 Å². The van der Waals surface area contributed by atoms with Crippen molar-refractivity contribution in [2.24, 2.45) is 5.92 Å². The number of hydrogen-bond donors (Lipinski definition) is 0. The molecule has 6 nitrogen and oxygen atoms in total. The predicted octanol–water partition coefficient (Wildman–Crippen LogP) is 3.29. The molecule has 3 heterocycles. The van der Waals surface area contributed by atoms with Crippen molar-refractivity contribution in [2.75, 3.05) is 37.6 Å². The number of likely N-dealkylation sites (N-methyl/N-ethyl adjacent to an activating group) is 1. The van der Waals surface area contributed by atoms with E-state index < -0.39 is 0 Å². The quantitative estimate of drug-likeness (QED) is 0.695. The van der Waals surface area contributed by atoms with E-state index in [1.165, 1.54) is 0 Å². The molecule has 0 N–H and O–H groups in total. The number of anilines is 1. The van der Waals surface area contributed by atoms with Crippen LogP contribution < -0.4 is 4.90 Å². The lowest BCUT2D eigenvalue weighted by atomic mass is 10.1. The van der Waals surface area contributed by atoms with Gasteiger partial charge in [-0.15, -0.1) is 0 Å². The molecule has 1 fully saturated rings. The maximum absolute atomic E-state index is 4.98. The lowest BCUT2D eigenvalue weighted by molar-refractivity contribution is 0.270. The van der Waals surface area contributed by atoms with E-state index in [1.807, 2.05) is 23.0 Å². The van der Waals surface area contributed by atoms with E-state index in [-0.39, 0.29) is 0 Å². The number of fused-ring (bicyclic) bond motifs is 1. The molecule has 0 spiro atoms. The van der Waals surface area contributed by atoms with Crippen LogP contribution in [0.15, 0.2) is 36.7 Å². The van der Waals surface area contributed by atoms with Gasteiger partial charge in [0.05, 0.1) is 17.4 Å². The summed E-state index contributed by atoms with van der Waals surface area (Å²) in [6, 6.07) is 8.27. The highest BCUT2D eigenvalue weighted by Gasteiger charge is 2.20. The first-order valence-electron chi connectivity index (χ1n) is 9.91. The van der Waals surface area contributed by atoms with Crippen molar-refractivity contribution >= 4 is 16.9 Å². The van der Waals surface area contributed by atoms with Crippen LogP contribution in [-0.4, -0.2) is 57.4 Å². The van der Waals surface area contributed by atoms with E-state index >= 15 is 0 Å². The van der Waals surface area contributed by atoms with Crippen LogP contribution in [0.4, 0.5) is 5.95 Å². The molecule has 4 rings (SSSR count). The second-order valence-electron chi connectivity index (χ2n) is 7.66. The molecule has 2 aromatic heterocycles. The fraction of sp³-hybridized carbons (Fsp3) is 0.476. The lowest BCUT2D eigenvalue weighted by Gasteiger charge is -2.34. The lowest BCUT2D eigenvalue weighted by Crippen LogP contribution is -2.46. The highest BCUT2D eigenvalue weighted by atomic mass is 15.3. The van der Waals surface area contributed by atoms with Gasteiger partial charge in [0, 0.05) is 49.9 Å². The first-order chi connectivity index (χ1) is 13.1. The second-order valence-corrected chi connectivity index (χ2v) is 7.66. The molecule has 0 unspecified atom stereocenters.